The molecule has 3 nitrogen and oxygen atoms in total. The molecule has 0 amide bonds. The number of nitrogens with one attached hydrogen (secondary N) is 1. The second-order valence-corrected chi connectivity index (χ2v) is 4.65. The summed E-state index contributed by atoms with van der Waals surface area (Å²) in [7, 11) is 0. The lowest BCUT2D eigenvalue weighted by Crippen LogP contribution is -2.22. The molecule has 0 aliphatic heterocycles. The van der Waals surface area contributed by atoms with Gasteiger partial charge in [0.15, 0.2) is 0 Å². The van der Waals surface area contributed by atoms with E-state index in [-0.39, 0.29) is 5.82 Å². The Balaban J connectivity index is 1.92. The van der Waals surface area contributed by atoms with Crippen molar-refractivity contribution in [1.82, 2.24) is 5.32 Å². The molecule has 0 aliphatic rings. The van der Waals surface area contributed by atoms with Gasteiger partial charge in [-0.1, -0.05) is 13.8 Å². The first-order chi connectivity index (χ1) is 9.15. The Labute approximate surface area is 112 Å². The van der Waals surface area contributed by atoms with Gasteiger partial charge < -0.3 is 14.5 Å². The molecule has 0 unspecified atom stereocenters. The van der Waals surface area contributed by atoms with Crippen LogP contribution >= 0.6 is 0 Å². The molecule has 0 radical (unpaired) electrons. The predicted molar refractivity (Wildman–Crippen MR) is 71.4 cm³/mol. The normalized spacial score (nSPS) is 10.9. The van der Waals surface area contributed by atoms with E-state index >= 15 is 0 Å². The first kappa shape index (κ1) is 13.6. The van der Waals surface area contributed by atoms with Gasteiger partial charge in [-0.25, -0.2) is 4.39 Å². The summed E-state index contributed by atoms with van der Waals surface area (Å²) in [5.74, 6) is 1.25. The molecule has 1 aromatic carbocycles. The summed E-state index contributed by atoms with van der Waals surface area (Å²) in [6.07, 6.45) is 1.65. The van der Waals surface area contributed by atoms with Crippen molar-refractivity contribution < 1.29 is 13.5 Å². The van der Waals surface area contributed by atoms with Crippen molar-refractivity contribution >= 4 is 0 Å². The summed E-state index contributed by atoms with van der Waals surface area (Å²) in [4.78, 5) is 0. The van der Waals surface area contributed by atoms with E-state index in [9.17, 15) is 4.39 Å². The number of ether oxygens (including phenoxy) is 1. The van der Waals surface area contributed by atoms with Gasteiger partial charge >= 0.3 is 0 Å². The number of hydrogen-bond donors (Lipinski definition) is 1. The first-order valence-corrected chi connectivity index (χ1v) is 6.32. The van der Waals surface area contributed by atoms with E-state index in [1.54, 1.807) is 18.4 Å². The lowest BCUT2D eigenvalue weighted by molar-refractivity contribution is 0.300. The maximum atomic E-state index is 12.8. The fraction of sp³-hybridized carbons (Fsp3) is 0.333. The molecule has 0 fully saturated rings. The van der Waals surface area contributed by atoms with Crippen LogP contribution in [0.4, 0.5) is 4.39 Å². The van der Waals surface area contributed by atoms with Crippen molar-refractivity contribution in [2.75, 3.05) is 0 Å². The fourth-order valence-corrected chi connectivity index (χ4v) is 1.64. The van der Waals surface area contributed by atoms with Crippen LogP contribution in [0.5, 0.6) is 5.75 Å². The number of halogens is 1. The molecule has 19 heavy (non-hydrogen) atoms. The minimum atomic E-state index is -0.266. The number of furan rings is 1. The molecule has 4 heteroatoms. The van der Waals surface area contributed by atoms with Gasteiger partial charge in [0.2, 0.25) is 0 Å². The molecular formula is C15H18FNO2. The second kappa shape index (κ2) is 6.38. The Morgan fingerprint density at radius 3 is 2.63 bits per heavy atom. The SMILES string of the molecule is CC(C)NCc1occc1COc1ccc(F)cc1. The lowest BCUT2D eigenvalue weighted by Gasteiger charge is -2.09. The summed E-state index contributed by atoms with van der Waals surface area (Å²) in [6, 6.07) is 8.28. The summed E-state index contributed by atoms with van der Waals surface area (Å²) < 4.78 is 23.8. The van der Waals surface area contributed by atoms with Crippen LogP contribution in [0.1, 0.15) is 25.2 Å². The van der Waals surface area contributed by atoms with Crippen LogP contribution in [0.15, 0.2) is 41.0 Å². The van der Waals surface area contributed by atoms with Crippen LogP contribution in [0, 0.1) is 5.82 Å². The maximum Gasteiger partial charge on any atom is 0.124 e. The molecule has 1 aromatic heterocycles. The van der Waals surface area contributed by atoms with Crippen molar-refractivity contribution in [3.63, 3.8) is 0 Å². The Morgan fingerprint density at radius 2 is 1.95 bits per heavy atom. The third kappa shape index (κ3) is 4.10. The zero-order valence-electron chi connectivity index (χ0n) is 11.2. The molecule has 102 valence electrons. The molecule has 0 saturated heterocycles. The van der Waals surface area contributed by atoms with Crippen LogP contribution in [-0.4, -0.2) is 6.04 Å². The van der Waals surface area contributed by atoms with Crippen LogP contribution in [0.25, 0.3) is 0 Å². The standard InChI is InChI=1S/C15H18FNO2/c1-11(2)17-9-15-12(7-8-18-15)10-19-14-5-3-13(16)4-6-14/h3-8,11,17H,9-10H2,1-2H3. The van der Waals surface area contributed by atoms with E-state index in [0.29, 0.717) is 24.9 Å². The smallest absolute Gasteiger partial charge is 0.124 e. The molecule has 0 saturated carbocycles. The van der Waals surface area contributed by atoms with E-state index in [1.165, 1.54) is 12.1 Å². The Morgan fingerprint density at radius 1 is 1.21 bits per heavy atom. The van der Waals surface area contributed by atoms with E-state index < -0.39 is 0 Å². The van der Waals surface area contributed by atoms with Gasteiger partial charge in [0.05, 0.1) is 12.8 Å². The Bertz CT molecular complexity index is 505. The van der Waals surface area contributed by atoms with E-state index in [2.05, 4.69) is 19.2 Å². The highest BCUT2D eigenvalue weighted by Crippen LogP contribution is 2.16. The van der Waals surface area contributed by atoms with Gasteiger partial charge in [0, 0.05) is 11.6 Å². The molecule has 2 aromatic rings. The van der Waals surface area contributed by atoms with Crippen molar-refractivity contribution in [1.29, 1.82) is 0 Å². The summed E-state index contributed by atoms with van der Waals surface area (Å²) >= 11 is 0. The highest BCUT2D eigenvalue weighted by Gasteiger charge is 2.07. The zero-order valence-corrected chi connectivity index (χ0v) is 11.2. The van der Waals surface area contributed by atoms with Crippen molar-refractivity contribution in [2.24, 2.45) is 0 Å². The van der Waals surface area contributed by atoms with Gasteiger partial charge in [-0.2, -0.15) is 0 Å². The molecular weight excluding hydrogens is 245 g/mol. The molecule has 1 heterocycles. The van der Waals surface area contributed by atoms with Gasteiger partial charge in [-0.05, 0) is 30.3 Å². The van der Waals surface area contributed by atoms with Crippen molar-refractivity contribution in [3.05, 3.63) is 53.7 Å². The Kier molecular flexibility index (Phi) is 4.58. The van der Waals surface area contributed by atoms with Crippen LogP contribution in [-0.2, 0) is 13.2 Å². The van der Waals surface area contributed by atoms with Gasteiger partial charge in [-0.3, -0.25) is 0 Å². The minimum Gasteiger partial charge on any atom is -0.489 e. The highest BCUT2D eigenvalue weighted by atomic mass is 19.1. The third-order valence-corrected chi connectivity index (χ3v) is 2.72. The zero-order chi connectivity index (χ0) is 13.7. The van der Waals surface area contributed by atoms with Crippen molar-refractivity contribution in [3.8, 4) is 5.75 Å². The molecule has 2 rings (SSSR count). The van der Waals surface area contributed by atoms with Gasteiger partial charge in [0.1, 0.15) is 23.9 Å². The van der Waals surface area contributed by atoms with Crippen LogP contribution < -0.4 is 10.1 Å². The summed E-state index contributed by atoms with van der Waals surface area (Å²) in [5, 5.41) is 3.30. The minimum absolute atomic E-state index is 0.266. The largest absolute Gasteiger partial charge is 0.489 e. The molecule has 1 N–H and O–H groups in total. The van der Waals surface area contributed by atoms with E-state index in [4.69, 9.17) is 9.15 Å². The maximum absolute atomic E-state index is 12.8. The number of benzene rings is 1. The number of rotatable bonds is 6. The summed E-state index contributed by atoms with van der Waals surface area (Å²) in [5.41, 5.74) is 0.998. The quantitative estimate of drug-likeness (QED) is 0.866. The van der Waals surface area contributed by atoms with Gasteiger partial charge in [0.25, 0.3) is 0 Å². The second-order valence-electron chi connectivity index (χ2n) is 4.65. The van der Waals surface area contributed by atoms with Crippen LogP contribution in [0.2, 0.25) is 0 Å². The molecule has 0 bridgehead atoms. The Hall–Kier alpha value is -1.81. The number of hydrogen-bond acceptors (Lipinski definition) is 3. The monoisotopic (exact) mass is 263 g/mol. The fourth-order valence-electron chi connectivity index (χ4n) is 1.64. The van der Waals surface area contributed by atoms with E-state index in [0.717, 1.165) is 11.3 Å². The predicted octanol–water partition coefficient (Wildman–Crippen LogP) is 3.50. The molecule has 0 spiro atoms. The van der Waals surface area contributed by atoms with E-state index in [1.807, 2.05) is 6.07 Å². The van der Waals surface area contributed by atoms with Gasteiger partial charge in [-0.15, -0.1) is 0 Å². The average molecular weight is 263 g/mol. The topological polar surface area (TPSA) is 34.4 Å². The first-order valence-electron chi connectivity index (χ1n) is 6.32. The van der Waals surface area contributed by atoms with Crippen molar-refractivity contribution in [2.45, 2.75) is 33.0 Å². The third-order valence-electron chi connectivity index (χ3n) is 2.72. The average Bonchev–Trinajstić information content (AvgIpc) is 2.83. The highest BCUT2D eigenvalue weighted by molar-refractivity contribution is 5.23. The summed E-state index contributed by atoms with van der Waals surface area (Å²) in [6.45, 7) is 5.25. The van der Waals surface area contributed by atoms with Crippen LogP contribution in [0.3, 0.4) is 0 Å². The molecule has 0 atom stereocenters. The lowest BCUT2D eigenvalue weighted by atomic mass is 10.2. The molecule has 0 aliphatic carbocycles.